The molecular weight excluding hydrogens is 294 g/mol. The summed E-state index contributed by atoms with van der Waals surface area (Å²) in [7, 11) is 0. The predicted molar refractivity (Wildman–Crippen MR) is 84.5 cm³/mol. The molecule has 1 aromatic carbocycles. The molecule has 1 aromatic heterocycles. The molecule has 1 N–H and O–H groups in total. The maximum atomic E-state index is 11.9. The fraction of sp³-hybridized carbons (Fsp3) is 0.333. The number of amides is 1. The summed E-state index contributed by atoms with van der Waals surface area (Å²) in [4.78, 5) is 23.1. The molecule has 5 nitrogen and oxygen atoms in total. The van der Waals surface area contributed by atoms with Gasteiger partial charge in [0.05, 0.1) is 0 Å². The summed E-state index contributed by atoms with van der Waals surface area (Å²) >= 11 is 0. The second kappa shape index (κ2) is 6.69. The first-order chi connectivity index (χ1) is 11.1. The summed E-state index contributed by atoms with van der Waals surface area (Å²) in [6.45, 7) is 2.47. The van der Waals surface area contributed by atoms with E-state index in [4.69, 9.17) is 9.15 Å². The van der Waals surface area contributed by atoms with Gasteiger partial charge in [0.2, 0.25) is 0 Å². The minimum absolute atomic E-state index is 0.0180. The summed E-state index contributed by atoms with van der Waals surface area (Å²) in [5.41, 5.74) is 0.643. The van der Waals surface area contributed by atoms with Crippen molar-refractivity contribution in [1.82, 2.24) is 5.32 Å². The first-order valence-electron chi connectivity index (χ1n) is 7.72. The van der Waals surface area contributed by atoms with Gasteiger partial charge in [-0.25, -0.2) is 0 Å². The minimum Gasteiger partial charge on any atom is -0.486 e. The van der Waals surface area contributed by atoms with Gasteiger partial charge in [-0.3, -0.25) is 9.59 Å². The first kappa shape index (κ1) is 15.3. The van der Waals surface area contributed by atoms with E-state index in [0.717, 1.165) is 0 Å². The van der Waals surface area contributed by atoms with Crippen molar-refractivity contribution in [2.75, 3.05) is 6.54 Å². The predicted octanol–water partition coefficient (Wildman–Crippen LogP) is 3.20. The largest absolute Gasteiger partial charge is 0.486 e. The Balaban J connectivity index is 1.51. The molecule has 0 atom stereocenters. The van der Waals surface area contributed by atoms with Crippen LogP contribution in [0.3, 0.4) is 0 Å². The highest BCUT2D eigenvalue weighted by Gasteiger charge is 2.22. The summed E-state index contributed by atoms with van der Waals surface area (Å²) < 4.78 is 11.1. The highest BCUT2D eigenvalue weighted by molar-refractivity contribution is 5.94. The van der Waals surface area contributed by atoms with Gasteiger partial charge >= 0.3 is 0 Å². The summed E-state index contributed by atoms with van der Waals surface area (Å²) in [5, 5.41) is 2.86. The molecule has 1 aliphatic carbocycles. The van der Waals surface area contributed by atoms with E-state index >= 15 is 0 Å². The molecule has 1 heterocycles. The van der Waals surface area contributed by atoms with Crippen molar-refractivity contribution in [2.24, 2.45) is 5.92 Å². The lowest BCUT2D eigenvalue weighted by atomic mass is 10.1. The number of benzene rings is 1. The standard InChI is InChI=1S/C18H19NO4/c1-12(20)14-4-6-15(7-5-14)22-11-16-8-9-17(23-16)18(21)19-10-13-2-3-13/h4-9,13H,2-3,10-11H2,1H3,(H,19,21). The van der Waals surface area contributed by atoms with Gasteiger partial charge in [-0.2, -0.15) is 0 Å². The van der Waals surface area contributed by atoms with Gasteiger partial charge in [-0.15, -0.1) is 0 Å². The van der Waals surface area contributed by atoms with Crippen molar-refractivity contribution in [3.05, 3.63) is 53.5 Å². The number of nitrogens with one attached hydrogen (secondary N) is 1. The van der Waals surface area contributed by atoms with Crippen LogP contribution in [-0.2, 0) is 6.61 Å². The van der Waals surface area contributed by atoms with Crippen LogP contribution >= 0.6 is 0 Å². The van der Waals surface area contributed by atoms with Gasteiger partial charge in [0.25, 0.3) is 5.91 Å². The van der Waals surface area contributed by atoms with Crippen LogP contribution in [0.4, 0.5) is 0 Å². The van der Waals surface area contributed by atoms with E-state index in [1.165, 1.54) is 19.8 Å². The monoisotopic (exact) mass is 313 g/mol. The molecule has 0 aliphatic heterocycles. The van der Waals surface area contributed by atoms with Gasteiger partial charge in [-0.05, 0) is 62.1 Å². The van der Waals surface area contributed by atoms with E-state index in [2.05, 4.69) is 5.32 Å². The number of carbonyl (C=O) groups excluding carboxylic acids is 2. The fourth-order valence-electron chi connectivity index (χ4n) is 2.16. The van der Waals surface area contributed by atoms with Crippen molar-refractivity contribution in [3.8, 4) is 5.75 Å². The van der Waals surface area contributed by atoms with Gasteiger partial charge in [0.1, 0.15) is 18.1 Å². The normalized spacial score (nSPS) is 13.6. The average molecular weight is 313 g/mol. The Morgan fingerprint density at radius 2 is 1.91 bits per heavy atom. The summed E-state index contributed by atoms with van der Waals surface area (Å²) in [5.74, 6) is 1.99. The number of Topliss-reactive ketones (excluding diaryl/α,β-unsaturated/α-hetero) is 1. The third-order valence-electron chi connectivity index (χ3n) is 3.78. The van der Waals surface area contributed by atoms with E-state index in [1.807, 2.05) is 0 Å². The van der Waals surface area contributed by atoms with Gasteiger partial charge in [-0.1, -0.05) is 0 Å². The topological polar surface area (TPSA) is 68.5 Å². The Morgan fingerprint density at radius 1 is 1.17 bits per heavy atom. The number of furan rings is 1. The van der Waals surface area contributed by atoms with Gasteiger partial charge < -0.3 is 14.5 Å². The molecule has 3 rings (SSSR count). The van der Waals surface area contributed by atoms with Crippen LogP contribution in [0.1, 0.15) is 46.4 Å². The number of hydrogen-bond acceptors (Lipinski definition) is 4. The quantitative estimate of drug-likeness (QED) is 0.797. The maximum Gasteiger partial charge on any atom is 0.287 e. The molecule has 0 radical (unpaired) electrons. The van der Waals surface area contributed by atoms with E-state index in [1.54, 1.807) is 36.4 Å². The first-order valence-corrected chi connectivity index (χ1v) is 7.72. The Labute approximate surface area is 134 Å². The van der Waals surface area contributed by atoms with Crippen LogP contribution in [0.2, 0.25) is 0 Å². The molecule has 0 saturated heterocycles. The summed E-state index contributed by atoms with van der Waals surface area (Å²) in [6.07, 6.45) is 2.39. The molecule has 2 aromatic rings. The van der Waals surface area contributed by atoms with Crippen LogP contribution in [-0.4, -0.2) is 18.2 Å². The Hall–Kier alpha value is -2.56. The molecule has 5 heteroatoms. The Bertz CT molecular complexity index is 698. The lowest BCUT2D eigenvalue weighted by Gasteiger charge is -2.05. The van der Waals surface area contributed by atoms with Crippen LogP contribution < -0.4 is 10.1 Å². The zero-order valence-corrected chi connectivity index (χ0v) is 13.0. The average Bonchev–Trinajstić information content (AvgIpc) is 3.26. The third kappa shape index (κ3) is 4.22. The molecule has 23 heavy (non-hydrogen) atoms. The summed E-state index contributed by atoms with van der Waals surface area (Å²) in [6, 6.07) is 10.3. The van der Waals surface area contributed by atoms with Crippen LogP contribution in [0.25, 0.3) is 0 Å². The highest BCUT2D eigenvalue weighted by atomic mass is 16.5. The molecular formula is C18H19NO4. The second-order valence-electron chi connectivity index (χ2n) is 5.79. The minimum atomic E-state index is -0.186. The third-order valence-corrected chi connectivity index (χ3v) is 3.78. The number of ketones is 1. The number of carbonyl (C=O) groups is 2. The van der Waals surface area contributed by atoms with Crippen molar-refractivity contribution in [2.45, 2.75) is 26.4 Å². The zero-order chi connectivity index (χ0) is 16.2. The molecule has 1 saturated carbocycles. The van der Waals surface area contributed by atoms with Crippen molar-refractivity contribution in [1.29, 1.82) is 0 Å². The molecule has 120 valence electrons. The number of rotatable bonds is 7. The molecule has 1 aliphatic rings. The SMILES string of the molecule is CC(=O)c1ccc(OCc2ccc(C(=O)NCC3CC3)o2)cc1. The molecule has 1 amide bonds. The lowest BCUT2D eigenvalue weighted by molar-refractivity contribution is 0.0919. The molecule has 1 fully saturated rings. The van der Waals surface area contributed by atoms with Crippen molar-refractivity contribution < 1.29 is 18.7 Å². The molecule has 0 spiro atoms. The lowest BCUT2D eigenvalue weighted by Crippen LogP contribution is -2.24. The van der Waals surface area contributed by atoms with Crippen molar-refractivity contribution in [3.63, 3.8) is 0 Å². The number of hydrogen-bond donors (Lipinski definition) is 1. The Morgan fingerprint density at radius 3 is 2.57 bits per heavy atom. The van der Waals surface area contributed by atoms with E-state index in [-0.39, 0.29) is 18.3 Å². The highest BCUT2D eigenvalue weighted by Crippen LogP contribution is 2.27. The maximum absolute atomic E-state index is 11.9. The fourth-order valence-corrected chi connectivity index (χ4v) is 2.16. The smallest absolute Gasteiger partial charge is 0.287 e. The zero-order valence-electron chi connectivity index (χ0n) is 13.0. The van der Waals surface area contributed by atoms with Crippen LogP contribution in [0.15, 0.2) is 40.8 Å². The molecule has 0 unspecified atom stereocenters. The van der Waals surface area contributed by atoms with E-state index in [9.17, 15) is 9.59 Å². The second-order valence-corrected chi connectivity index (χ2v) is 5.79. The van der Waals surface area contributed by atoms with Gasteiger partial charge in [0.15, 0.2) is 11.5 Å². The van der Waals surface area contributed by atoms with Crippen molar-refractivity contribution >= 4 is 11.7 Å². The molecule has 0 bridgehead atoms. The Kier molecular flexibility index (Phi) is 4.46. The van der Waals surface area contributed by atoms with Gasteiger partial charge in [0, 0.05) is 12.1 Å². The van der Waals surface area contributed by atoms with E-state index in [0.29, 0.717) is 35.3 Å². The van der Waals surface area contributed by atoms with Crippen LogP contribution in [0.5, 0.6) is 5.75 Å². The van der Waals surface area contributed by atoms with Crippen LogP contribution in [0, 0.1) is 5.92 Å². The van der Waals surface area contributed by atoms with E-state index < -0.39 is 0 Å². The number of ether oxygens (including phenoxy) is 1.